The monoisotopic (exact) mass is 597 g/mol. The predicted molar refractivity (Wildman–Crippen MR) is 154 cm³/mol. The van der Waals surface area contributed by atoms with Crippen LogP contribution in [0.2, 0.25) is 10.0 Å². The molecule has 2 aromatic carbocycles. The first-order chi connectivity index (χ1) is 19.6. The van der Waals surface area contributed by atoms with E-state index in [-0.39, 0.29) is 23.7 Å². The Balaban J connectivity index is 1.62. The van der Waals surface area contributed by atoms with E-state index < -0.39 is 23.5 Å². The van der Waals surface area contributed by atoms with Crippen molar-refractivity contribution in [2.75, 3.05) is 19.0 Å². The molecular formula is C28H25Cl2N5O6. The van der Waals surface area contributed by atoms with Gasteiger partial charge >= 0.3 is 5.97 Å². The zero-order valence-corrected chi connectivity index (χ0v) is 23.4. The Hall–Kier alpha value is -4.29. The lowest BCUT2D eigenvalue weighted by molar-refractivity contribution is -0.146. The average molecular weight is 598 g/mol. The molecule has 1 unspecified atom stereocenters. The van der Waals surface area contributed by atoms with Crippen LogP contribution in [0.1, 0.15) is 15.9 Å². The molecule has 2 aromatic heterocycles. The Bertz CT molecular complexity index is 1680. The number of hydrogen-bond donors (Lipinski definition) is 4. The van der Waals surface area contributed by atoms with E-state index in [1.807, 2.05) is 0 Å². The lowest BCUT2D eigenvalue weighted by Crippen LogP contribution is -2.32. The third-order valence-corrected chi connectivity index (χ3v) is 6.95. The molecule has 41 heavy (non-hydrogen) atoms. The van der Waals surface area contributed by atoms with Gasteiger partial charge in [0.2, 0.25) is 5.88 Å². The van der Waals surface area contributed by atoms with Gasteiger partial charge in [-0.05, 0) is 18.2 Å². The van der Waals surface area contributed by atoms with Crippen molar-refractivity contribution in [1.82, 2.24) is 20.1 Å². The van der Waals surface area contributed by atoms with Crippen LogP contribution in [0.5, 0.6) is 5.88 Å². The maximum absolute atomic E-state index is 12.8. The van der Waals surface area contributed by atoms with Crippen molar-refractivity contribution < 1.29 is 24.5 Å². The van der Waals surface area contributed by atoms with Gasteiger partial charge in [-0.25, -0.2) is 14.5 Å². The zero-order valence-electron chi connectivity index (χ0n) is 21.9. The molecule has 0 spiro atoms. The summed E-state index contributed by atoms with van der Waals surface area (Å²) in [5.41, 5.74) is 2.54. The fourth-order valence-electron chi connectivity index (χ4n) is 4.00. The minimum absolute atomic E-state index is 0.0827. The first-order valence-electron chi connectivity index (χ1n) is 12.2. The van der Waals surface area contributed by atoms with E-state index in [1.165, 1.54) is 26.4 Å². The van der Waals surface area contributed by atoms with E-state index in [4.69, 9.17) is 33.0 Å². The molecule has 1 amide bonds. The van der Waals surface area contributed by atoms with Crippen LogP contribution in [0, 0.1) is 0 Å². The number of aliphatic hydroxyl groups is 1. The van der Waals surface area contributed by atoms with Gasteiger partial charge in [-0.15, -0.1) is 0 Å². The number of aromatic nitrogens is 3. The van der Waals surface area contributed by atoms with Crippen molar-refractivity contribution in [3.8, 4) is 28.3 Å². The Labute approximate surface area is 244 Å². The SMILES string of the molecule is COc1nc(-c2cccc(-c3cccc(NC(=O)c4ccnn(C)c4=O)c3Cl)c2Cl)ccc1CNCC(O)C(=O)O. The van der Waals surface area contributed by atoms with E-state index >= 15 is 0 Å². The number of aliphatic carboxylic acids is 1. The maximum atomic E-state index is 12.8. The van der Waals surface area contributed by atoms with Crippen LogP contribution in [0.3, 0.4) is 0 Å². The van der Waals surface area contributed by atoms with Crippen LogP contribution in [0.15, 0.2) is 65.6 Å². The van der Waals surface area contributed by atoms with Gasteiger partial charge in [-0.1, -0.05) is 59.6 Å². The molecule has 4 aromatic rings. The second-order valence-corrected chi connectivity index (χ2v) is 9.57. The van der Waals surface area contributed by atoms with Gasteiger partial charge in [0.15, 0.2) is 6.10 Å². The summed E-state index contributed by atoms with van der Waals surface area (Å²) in [7, 11) is 2.91. The number of rotatable bonds is 10. The number of halogens is 2. The van der Waals surface area contributed by atoms with Gasteiger partial charge < -0.3 is 25.6 Å². The van der Waals surface area contributed by atoms with E-state index in [2.05, 4.69) is 20.7 Å². The quantitative estimate of drug-likeness (QED) is 0.214. The molecule has 212 valence electrons. The second kappa shape index (κ2) is 12.9. The normalized spacial score (nSPS) is 11.6. The Morgan fingerprint density at radius 3 is 2.41 bits per heavy atom. The van der Waals surface area contributed by atoms with Gasteiger partial charge in [0, 0.05) is 48.6 Å². The fraction of sp³-hybridized carbons (Fsp3) is 0.179. The molecule has 11 nitrogen and oxygen atoms in total. The third kappa shape index (κ3) is 6.55. The highest BCUT2D eigenvalue weighted by Gasteiger charge is 2.19. The number of nitrogens with zero attached hydrogens (tertiary/aromatic N) is 3. The lowest BCUT2D eigenvalue weighted by atomic mass is 10.00. The minimum Gasteiger partial charge on any atom is -0.481 e. The van der Waals surface area contributed by atoms with Crippen molar-refractivity contribution in [3.05, 3.63) is 92.3 Å². The van der Waals surface area contributed by atoms with Crippen LogP contribution in [-0.4, -0.2) is 56.6 Å². The summed E-state index contributed by atoms with van der Waals surface area (Å²) in [4.78, 5) is 40.5. The van der Waals surface area contributed by atoms with Crippen molar-refractivity contribution in [2.45, 2.75) is 12.6 Å². The number of pyridine rings is 1. The number of benzene rings is 2. The van der Waals surface area contributed by atoms with Crippen LogP contribution in [-0.2, 0) is 18.4 Å². The van der Waals surface area contributed by atoms with Crippen molar-refractivity contribution in [3.63, 3.8) is 0 Å². The molecule has 1 atom stereocenters. The molecule has 0 saturated heterocycles. The molecule has 4 rings (SSSR count). The first-order valence-corrected chi connectivity index (χ1v) is 12.9. The van der Waals surface area contributed by atoms with Gasteiger partial charge in [-0.3, -0.25) is 9.59 Å². The fourth-order valence-corrected chi connectivity index (χ4v) is 4.60. The van der Waals surface area contributed by atoms with Gasteiger partial charge in [0.25, 0.3) is 11.5 Å². The number of aliphatic hydroxyl groups excluding tert-OH is 1. The number of carbonyl (C=O) groups excluding carboxylic acids is 1. The van der Waals surface area contributed by atoms with Gasteiger partial charge in [0.1, 0.15) is 5.56 Å². The number of nitrogens with one attached hydrogen (secondary N) is 2. The summed E-state index contributed by atoms with van der Waals surface area (Å²) in [5, 5.41) is 28.2. The largest absolute Gasteiger partial charge is 0.481 e. The molecule has 0 radical (unpaired) electrons. The Kier molecular flexibility index (Phi) is 9.35. The van der Waals surface area contributed by atoms with Crippen LogP contribution < -0.4 is 20.9 Å². The summed E-state index contributed by atoms with van der Waals surface area (Å²) < 4.78 is 6.49. The van der Waals surface area contributed by atoms with Crippen LogP contribution >= 0.6 is 23.2 Å². The standard InChI is InChI=1S/C28H25Cl2N5O6/c1-35-27(38)19(11-12-32-35)25(37)33-21-8-4-6-17(24(21)30)16-5-3-7-18(23(16)29)20-10-9-15(26(34-20)41-2)13-31-14-22(36)28(39)40/h3-12,22,31,36H,13-14H2,1-2H3,(H,33,37)(H,39,40). The molecule has 0 aliphatic heterocycles. The van der Waals surface area contributed by atoms with E-state index in [0.717, 1.165) is 4.68 Å². The van der Waals surface area contributed by atoms with Gasteiger partial charge in [0.05, 0.1) is 28.5 Å². The molecule has 0 saturated carbocycles. The molecular weight excluding hydrogens is 573 g/mol. The van der Waals surface area contributed by atoms with Crippen molar-refractivity contribution in [1.29, 1.82) is 0 Å². The number of carboxylic acid groups (broad SMARTS) is 1. The molecule has 0 aliphatic rings. The molecule has 13 heteroatoms. The van der Waals surface area contributed by atoms with Gasteiger partial charge in [-0.2, -0.15) is 5.10 Å². The second-order valence-electron chi connectivity index (χ2n) is 8.81. The number of carboxylic acids is 1. The lowest BCUT2D eigenvalue weighted by Gasteiger charge is -2.15. The van der Waals surface area contributed by atoms with E-state index in [0.29, 0.717) is 44.5 Å². The highest BCUT2D eigenvalue weighted by molar-refractivity contribution is 6.39. The van der Waals surface area contributed by atoms with E-state index in [1.54, 1.807) is 48.5 Å². The highest BCUT2D eigenvalue weighted by atomic mass is 35.5. The summed E-state index contributed by atoms with van der Waals surface area (Å²) in [6, 6.07) is 15.3. The van der Waals surface area contributed by atoms with Crippen LogP contribution in [0.4, 0.5) is 5.69 Å². The number of amides is 1. The highest BCUT2D eigenvalue weighted by Crippen LogP contribution is 2.41. The van der Waals surface area contributed by atoms with Crippen molar-refractivity contribution >= 4 is 40.8 Å². The topological polar surface area (TPSA) is 156 Å². The molecule has 0 fully saturated rings. The average Bonchev–Trinajstić information content (AvgIpc) is 2.96. The third-order valence-electron chi connectivity index (χ3n) is 6.13. The van der Waals surface area contributed by atoms with Crippen molar-refractivity contribution in [2.24, 2.45) is 7.05 Å². The minimum atomic E-state index is -1.53. The molecule has 0 bridgehead atoms. The summed E-state index contributed by atoms with van der Waals surface area (Å²) in [5.74, 6) is -1.65. The number of carbonyl (C=O) groups is 2. The smallest absolute Gasteiger partial charge is 0.333 e. The number of ether oxygens (including phenoxy) is 1. The number of methoxy groups -OCH3 is 1. The number of anilines is 1. The zero-order chi connectivity index (χ0) is 29.7. The summed E-state index contributed by atoms with van der Waals surface area (Å²) >= 11 is 13.6. The Morgan fingerprint density at radius 1 is 1.02 bits per heavy atom. The number of hydrogen-bond acceptors (Lipinski definition) is 8. The predicted octanol–water partition coefficient (Wildman–Crippen LogP) is 3.61. The maximum Gasteiger partial charge on any atom is 0.333 e. The Morgan fingerprint density at radius 2 is 1.71 bits per heavy atom. The summed E-state index contributed by atoms with van der Waals surface area (Å²) in [6.45, 7) is 0.0713. The van der Waals surface area contributed by atoms with Crippen LogP contribution in [0.25, 0.3) is 22.4 Å². The number of aryl methyl sites for hydroxylation is 1. The summed E-state index contributed by atoms with van der Waals surface area (Å²) in [6.07, 6.45) is -0.174. The molecule has 0 aliphatic carbocycles. The molecule has 4 N–H and O–H groups in total. The molecule has 2 heterocycles. The van der Waals surface area contributed by atoms with E-state index in [9.17, 15) is 19.5 Å². The first kappa shape index (κ1) is 29.7.